The van der Waals surface area contributed by atoms with Crippen LogP contribution >= 0.6 is 0 Å². The minimum Gasteiger partial charge on any atom is -0.458 e. The molecular weight excluding hydrogens is 146 g/mol. The maximum Gasteiger partial charge on any atom is 0.303 e. The summed E-state index contributed by atoms with van der Waals surface area (Å²) in [5.74, 6) is -0.249. The van der Waals surface area contributed by atoms with Gasteiger partial charge in [-0.3, -0.25) is 4.79 Å². The molecule has 11 heavy (non-hydrogen) atoms. The van der Waals surface area contributed by atoms with Crippen LogP contribution in [-0.2, 0) is 14.3 Å². The minimum atomic E-state index is -0.249. The molecule has 1 saturated heterocycles. The van der Waals surface area contributed by atoms with Gasteiger partial charge in [-0.25, -0.2) is 0 Å². The Bertz CT molecular complexity index is 149. The van der Waals surface area contributed by atoms with Gasteiger partial charge in [-0.15, -0.1) is 0 Å². The maximum atomic E-state index is 10.6. The molecule has 2 atom stereocenters. The van der Waals surface area contributed by atoms with Crippen LogP contribution in [-0.4, -0.2) is 38.4 Å². The highest BCUT2D eigenvalue weighted by molar-refractivity contribution is 5.66. The molecule has 0 saturated carbocycles. The van der Waals surface area contributed by atoms with E-state index < -0.39 is 0 Å². The van der Waals surface area contributed by atoms with Crippen molar-refractivity contribution in [3.05, 3.63) is 0 Å². The topological polar surface area (TPSA) is 47.6 Å². The molecule has 1 heterocycles. The summed E-state index contributed by atoms with van der Waals surface area (Å²) in [6.07, 6.45) is -0.113. The monoisotopic (exact) mass is 159 g/mol. The van der Waals surface area contributed by atoms with Crippen molar-refractivity contribution < 1.29 is 14.3 Å². The Morgan fingerprint density at radius 1 is 1.64 bits per heavy atom. The van der Waals surface area contributed by atoms with Gasteiger partial charge in [0.15, 0.2) is 0 Å². The third-order valence-electron chi connectivity index (χ3n) is 1.72. The van der Waals surface area contributed by atoms with Crippen molar-refractivity contribution in [2.75, 3.05) is 20.3 Å². The highest BCUT2D eigenvalue weighted by atomic mass is 16.6. The van der Waals surface area contributed by atoms with Gasteiger partial charge in [0.1, 0.15) is 6.10 Å². The minimum absolute atomic E-state index is 0.113. The number of rotatable bonds is 2. The maximum absolute atomic E-state index is 10.6. The molecule has 0 radical (unpaired) electrons. The predicted molar refractivity (Wildman–Crippen MR) is 39.2 cm³/mol. The number of likely N-dealkylation sites (N-methyl/N-ethyl adjacent to an activating group) is 1. The SMILES string of the molecule is CN[C@H]1COC[C@@H]1OC(C)=O. The molecule has 0 aromatic carbocycles. The van der Waals surface area contributed by atoms with E-state index in [0.717, 1.165) is 0 Å². The zero-order valence-electron chi connectivity index (χ0n) is 6.79. The fraction of sp³-hybridized carbons (Fsp3) is 0.857. The lowest BCUT2D eigenvalue weighted by molar-refractivity contribution is -0.146. The largest absolute Gasteiger partial charge is 0.458 e. The molecule has 1 aliphatic heterocycles. The Kier molecular flexibility index (Phi) is 2.84. The van der Waals surface area contributed by atoms with Gasteiger partial charge in [0.2, 0.25) is 0 Å². The summed E-state index contributed by atoms with van der Waals surface area (Å²) in [4.78, 5) is 10.6. The molecule has 1 aliphatic rings. The van der Waals surface area contributed by atoms with Crippen LogP contribution in [0.1, 0.15) is 6.92 Å². The summed E-state index contributed by atoms with van der Waals surface area (Å²) in [6, 6.07) is 0.152. The lowest BCUT2D eigenvalue weighted by Crippen LogP contribution is -2.38. The highest BCUT2D eigenvalue weighted by Crippen LogP contribution is 2.08. The Morgan fingerprint density at radius 3 is 2.91 bits per heavy atom. The van der Waals surface area contributed by atoms with E-state index in [9.17, 15) is 4.79 Å². The third kappa shape index (κ3) is 2.17. The van der Waals surface area contributed by atoms with Crippen LogP contribution in [0.15, 0.2) is 0 Å². The van der Waals surface area contributed by atoms with E-state index in [1.165, 1.54) is 6.92 Å². The van der Waals surface area contributed by atoms with Crippen LogP contribution < -0.4 is 5.32 Å². The van der Waals surface area contributed by atoms with Gasteiger partial charge in [0, 0.05) is 6.92 Å². The summed E-state index contributed by atoms with van der Waals surface area (Å²) in [6.45, 7) is 2.53. The Morgan fingerprint density at radius 2 is 2.36 bits per heavy atom. The predicted octanol–water partition coefficient (Wildman–Crippen LogP) is -0.464. The lowest BCUT2D eigenvalue weighted by atomic mass is 10.2. The van der Waals surface area contributed by atoms with Crippen molar-refractivity contribution in [2.24, 2.45) is 0 Å². The number of ether oxygens (including phenoxy) is 2. The van der Waals surface area contributed by atoms with E-state index in [4.69, 9.17) is 9.47 Å². The van der Waals surface area contributed by atoms with Crippen molar-refractivity contribution in [1.82, 2.24) is 5.32 Å². The van der Waals surface area contributed by atoms with Crippen LogP contribution in [0.4, 0.5) is 0 Å². The average Bonchev–Trinajstić information content (AvgIpc) is 2.34. The van der Waals surface area contributed by atoms with Crippen LogP contribution in [0.3, 0.4) is 0 Å². The van der Waals surface area contributed by atoms with Gasteiger partial charge < -0.3 is 14.8 Å². The highest BCUT2D eigenvalue weighted by Gasteiger charge is 2.29. The lowest BCUT2D eigenvalue weighted by Gasteiger charge is -2.15. The van der Waals surface area contributed by atoms with E-state index in [0.29, 0.717) is 13.2 Å². The molecule has 1 N–H and O–H groups in total. The smallest absolute Gasteiger partial charge is 0.303 e. The Labute approximate surface area is 65.9 Å². The Hall–Kier alpha value is -0.610. The second kappa shape index (κ2) is 3.69. The number of esters is 1. The second-order valence-corrected chi connectivity index (χ2v) is 2.58. The fourth-order valence-electron chi connectivity index (χ4n) is 1.13. The molecule has 0 amide bonds. The van der Waals surface area contributed by atoms with Crippen LogP contribution in [0.5, 0.6) is 0 Å². The van der Waals surface area contributed by atoms with Crippen molar-refractivity contribution >= 4 is 5.97 Å². The molecular formula is C7H13NO3. The molecule has 0 aliphatic carbocycles. The molecule has 4 nitrogen and oxygen atoms in total. The molecule has 0 aromatic heterocycles. The summed E-state index contributed by atoms with van der Waals surface area (Å²) < 4.78 is 10.1. The molecule has 0 bridgehead atoms. The fourth-order valence-corrected chi connectivity index (χ4v) is 1.13. The van der Waals surface area contributed by atoms with Crippen LogP contribution in [0.25, 0.3) is 0 Å². The number of carbonyl (C=O) groups is 1. The van der Waals surface area contributed by atoms with Gasteiger partial charge in [0.05, 0.1) is 19.3 Å². The summed E-state index contributed by atoms with van der Waals surface area (Å²) in [5.41, 5.74) is 0. The van der Waals surface area contributed by atoms with Crippen LogP contribution in [0, 0.1) is 0 Å². The van der Waals surface area contributed by atoms with E-state index in [1.54, 1.807) is 0 Å². The van der Waals surface area contributed by atoms with Gasteiger partial charge in [-0.05, 0) is 7.05 Å². The molecule has 0 aromatic rings. The summed E-state index contributed by atoms with van der Waals surface area (Å²) >= 11 is 0. The van der Waals surface area contributed by atoms with Gasteiger partial charge >= 0.3 is 5.97 Å². The molecule has 0 spiro atoms. The number of carbonyl (C=O) groups excluding carboxylic acids is 1. The second-order valence-electron chi connectivity index (χ2n) is 2.58. The quantitative estimate of drug-likeness (QED) is 0.554. The first kappa shape index (κ1) is 8.49. The van der Waals surface area contributed by atoms with E-state index in [-0.39, 0.29) is 18.1 Å². The Balaban J connectivity index is 2.37. The van der Waals surface area contributed by atoms with Crippen molar-refractivity contribution in [3.8, 4) is 0 Å². The zero-order valence-corrected chi connectivity index (χ0v) is 6.79. The molecule has 0 unspecified atom stereocenters. The third-order valence-corrected chi connectivity index (χ3v) is 1.72. The average molecular weight is 159 g/mol. The number of nitrogens with one attached hydrogen (secondary N) is 1. The molecule has 4 heteroatoms. The van der Waals surface area contributed by atoms with Crippen molar-refractivity contribution in [3.63, 3.8) is 0 Å². The summed E-state index contributed by atoms with van der Waals surface area (Å²) in [7, 11) is 1.83. The summed E-state index contributed by atoms with van der Waals surface area (Å²) in [5, 5.41) is 3.02. The van der Waals surface area contributed by atoms with Gasteiger partial charge in [-0.1, -0.05) is 0 Å². The molecule has 64 valence electrons. The van der Waals surface area contributed by atoms with E-state index >= 15 is 0 Å². The standard InChI is InChI=1S/C7H13NO3/c1-5(9)11-7-4-10-3-6(7)8-2/h6-8H,3-4H2,1-2H3/t6-,7-/m0/s1. The number of hydrogen-bond acceptors (Lipinski definition) is 4. The van der Waals surface area contributed by atoms with E-state index in [1.807, 2.05) is 7.05 Å². The van der Waals surface area contributed by atoms with Gasteiger partial charge in [0.25, 0.3) is 0 Å². The van der Waals surface area contributed by atoms with Crippen LogP contribution in [0.2, 0.25) is 0 Å². The van der Waals surface area contributed by atoms with Crippen molar-refractivity contribution in [2.45, 2.75) is 19.1 Å². The normalized spacial score (nSPS) is 30.4. The zero-order chi connectivity index (χ0) is 8.27. The first-order chi connectivity index (χ1) is 5.24. The first-order valence-electron chi connectivity index (χ1n) is 3.66. The van der Waals surface area contributed by atoms with E-state index in [2.05, 4.69) is 5.32 Å². The molecule has 1 rings (SSSR count). The van der Waals surface area contributed by atoms with Crippen molar-refractivity contribution in [1.29, 1.82) is 0 Å². The van der Waals surface area contributed by atoms with Gasteiger partial charge in [-0.2, -0.15) is 0 Å². The molecule has 1 fully saturated rings. The first-order valence-corrected chi connectivity index (χ1v) is 3.66. The number of hydrogen-bond donors (Lipinski definition) is 1.